The Morgan fingerprint density at radius 1 is 1.29 bits per heavy atom. The third-order valence-electron chi connectivity index (χ3n) is 5.67. The maximum atomic E-state index is 13.3. The zero-order valence-electron chi connectivity index (χ0n) is 18.0. The van der Waals surface area contributed by atoms with Crippen LogP contribution < -0.4 is 4.74 Å². The van der Waals surface area contributed by atoms with E-state index in [2.05, 4.69) is 4.98 Å². The van der Waals surface area contributed by atoms with Gasteiger partial charge in [-0.3, -0.25) is 0 Å². The van der Waals surface area contributed by atoms with Crippen molar-refractivity contribution >= 4 is 27.3 Å². The SMILES string of the molecule is Cc1cc(S(=O)(=O)N2CCC(c3cn(CC=O)c4ncccc34)C2)ccc1OC(C)C. The molecular weight excluding hydrogens is 414 g/mol. The van der Waals surface area contributed by atoms with Gasteiger partial charge in [-0.2, -0.15) is 4.31 Å². The van der Waals surface area contributed by atoms with E-state index in [0.717, 1.165) is 34.9 Å². The van der Waals surface area contributed by atoms with Gasteiger partial charge >= 0.3 is 0 Å². The Bertz CT molecular complexity index is 1220. The van der Waals surface area contributed by atoms with Crippen molar-refractivity contribution in [2.45, 2.75) is 50.7 Å². The van der Waals surface area contributed by atoms with Crippen molar-refractivity contribution in [3.8, 4) is 5.75 Å². The van der Waals surface area contributed by atoms with Gasteiger partial charge < -0.3 is 14.1 Å². The molecule has 1 aliphatic heterocycles. The number of rotatable bonds is 7. The predicted octanol–water partition coefficient (Wildman–Crippen LogP) is 3.51. The van der Waals surface area contributed by atoms with Crippen molar-refractivity contribution in [1.82, 2.24) is 13.9 Å². The van der Waals surface area contributed by atoms with Gasteiger partial charge in [0.25, 0.3) is 0 Å². The normalized spacial score (nSPS) is 17.5. The highest BCUT2D eigenvalue weighted by atomic mass is 32.2. The fraction of sp³-hybridized carbons (Fsp3) is 0.391. The molecule has 0 saturated carbocycles. The molecule has 3 aromatic rings. The lowest BCUT2D eigenvalue weighted by atomic mass is 9.99. The molecule has 8 heteroatoms. The number of hydrogen-bond donors (Lipinski definition) is 0. The zero-order chi connectivity index (χ0) is 22.2. The molecule has 0 amide bonds. The van der Waals surface area contributed by atoms with Crippen LogP contribution in [0.15, 0.2) is 47.6 Å². The van der Waals surface area contributed by atoms with Crippen molar-refractivity contribution in [3.63, 3.8) is 0 Å². The Balaban J connectivity index is 1.60. The highest BCUT2D eigenvalue weighted by Gasteiger charge is 2.34. The van der Waals surface area contributed by atoms with Crippen LogP contribution in [0.25, 0.3) is 11.0 Å². The summed E-state index contributed by atoms with van der Waals surface area (Å²) in [5, 5.41) is 0.972. The van der Waals surface area contributed by atoms with Gasteiger partial charge in [0.2, 0.25) is 10.0 Å². The Kier molecular flexibility index (Phi) is 5.85. The number of carbonyl (C=O) groups is 1. The minimum atomic E-state index is -3.60. The van der Waals surface area contributed by atoms with E-state index in [1.807, 2.05) is 43.7 Å². The summed E-state index contributed by atoms with van der Waals surface area (Å²) < 4.78 is 35.7. The number of sulfonamides is 1. The minimum Gasteiger partial charge on any atom is -0.491 e. The molecule has 1 aromatic carbocycles. The summed E-state index contributed by atoms with van der Waals surface area (Å²) >= 11 is 0. The molecule has 0 radical (unpaired) electrons. The van der Waals surface area contributed by atoms with Crippen LogP contribution in [0.4, 0.5) is 0 Å². The lowest BCUT2D eigenvalue weighted by molar-refractivity contribution is -0.108. The van der Waals surface area contributed by atoms with Crippen LogP contribution in [0.2, 0.25) is 0 Å². The molecule has 0 spiro atoms. The summed E-state index contributed by atoms with van der Waals surface area (Å²) in [7, 11) is -3.60. The van der Waals surface area contributed by atoms with Gasteiger partial charge in [-0.05, 0) is 68.7 Å². The number of nitrogens with zero attached hydrogens (tertiary/aromatic N) is 3. The Morgan fingerprint density at radius 3 is 2.81 bits per heavy atom. The van der Waals surface area contributed by atoms with Crippen LogP contribution >= 0.6 is 0 Å². The molecule has 31 heavy (non-hydrogen) atoms. The molecular formula is C23H27N3O4S. The van der Waals surface area contributed by atoms with Gasteiger partial charge in [-0.15, -0.1) is 0 Å². The number of aldehydes is 1. The van der Waals surface area contributed by atoms with Gasteiger partial charge in [0, 0.05) is 36.8 Å². The lowest BCUT2D eigenvalue weighted by Crippen LogP contribution is -2.28. The summed E-state index contributed by atoms with van der Waals surface area (Å²) in [6.45, 7) is 6.83. The molecule has 1 saturated heterocycles. The topological polar surface area (TPSA) is 81.5 Å². The summed E-state index contributed by atoms with van der Waals surface area (Å²) in [5.74, 6) is 0.753. The van der Waals surface area contributed by atoms with Crippen molar-refractivity contribution in [1.29, 1.82) is 0 Å². The number of pyridine rings is 1. The second-order valence-corrected chi connectivity index (χ2v) is 10.2. The quantitative estimate of drug-likeness (QED) is 0.524. The second-order valence-electron chi connectivity index (χ2n) is 8.22. The first-order chi connectivity index (χ1) is 14.8. The second kappa shape index (κ2) is 8.43. The van der Waals surface area contributed by atoms with E-state index in [1.54, 1.807) is 28.7 Å². The maximum Gasteiger partial charge on any atom is 0.243 e. The lowest BCUT2D eigenvalue weighted by Gasteiger charge is -2.18. The van der Waals surface area contributed by atoms with Crippen molar-refractivity contribution in [3.05, 3.63) is 53.9 Å². The number of ether oxygens (including phenoxy) is 1. The highest BCUT2D eigenvalue weighted by molar-refractivity contribution is 7.89. The summed E-state index contributed by atoms with van der Waals surface area (Å²) in [6.07, 6.45) is 5.24. The van der Waals surface area contributed by atoms with Crippen molar-refractivity contribution < 1.29 is 17.9 Å². The van der Waals surface area contributed by atoms with E-state index in [-0.39, 0.29) is 23.5 Å². The largest absolute Gasteiger partial charge is 0.491 e. The molecule has 1 unspecified atom stereocenters. The van der Waals surface area contributed by atoms with Crippen molar-refractivity contribution in [2.75, 3.05) is 13.1 Å². The average Bonchev–Trinajstić information content (AvgIpc) is 3.35. The predicted molar refractivity (Wildman–Crippen MR) is 119 cm³/mol. The molecule has 3 heterocycles. The van der Waals surface area contributed by atoms with Crippen LogP contribution in [-0.2, 0) is 21.4 Å². The Labute approximate surface area is 182 Å². The number of aromatic nitrogens is 2. The van der Waals surface area contributed by atoms with E-state index < -0.39 is 10.0 Å². The molecule has 1 fully saturated rings. The van der Waals surface area contributed by atoms with Crippen molar-refractivity contribution in [2.24, 2.45) is 0 Å². The summed E-state index contributed by atoms with van der Waals surface area (Å²) in [4.78, 5) is 15.7. The molecule has 1 atom stereocenters. The molecule has 2 aromatic heterocycles. The van der Waals surface area contributed by atoms with Crippen LogP contribution in [0, 0.1) is 6.92 Å². The summed E-state index contributed by atoms with van der Waals surface area (Å²) in [5.41, 5.74) is 2.59. The fourth-order valence-electron chi connectivity index (χ4n) is 4.21. The first kappa shape index (κ1) is 21.5. The molecule has 0 aliphatic carbocycles. The van der Waals surface area contributed by atoms with Crippen LogP contribution in [0.3, 0.4) is 0 Å². The standard InChI is InChI=1S/C23H27N3O4S/c1-16(2)30-22-7-6-19(13-17(22)3)31(28,29)26-10-8-18(14-26)21-15-25(11-12-27)23-20(21)5-4-9-24-23/h4-7,9,12-13,15-16,18H,8,10-11,14H2,1-3H3. The zero-order valence-corrected chi connectivity index (χ0v) is 18.8. The first-order valence-corrected chi connectivity index (χ1v) is 11.9. The molecule has 7 nitrogen and oxygen atoms in total. The molecule has 4 rings (SSSR count). The minimum absolute atomic E-state index is 0.0244. The average molecular weight is 442 g/mol. The van der Waals surface area contributed by atoms with Crippen LogP contribution in [-0.4, -0.2) is 47.8 Å². The number of carbonyl (C=O) groups excluding carboxylic acids is 1. The third-order valence-corrected chi connectivity index (χ3v) is 7.53. The number of hydrogen-bond acceptors (Lipinski definition) is 5. The first-order valence-electron chi connectivity index (χ1n) is 10.5. The summed E-state index contributed by atoms with van der Waals surface area (Å²) in [6, 6.07) is 8.87. The van der Waals surface area contributed by atoms with E-state index in [1.165, 1.54) is 0 Å². The van der Waals surface area contributed by atoms with Gasteiger partial charge in [-0.1, -0.05) is 0 Å². The monoisotopic (exact) mass is 441 g/mol. The fourth-order valence-corrected chi connectivity index (χ4v) is 5.80. The van der Waals surface area contributed by atoms with Gasteiger partial charge in [0.15, 0.2) is 0 Å². The van der Waals surface area contributed by atoms with E-state index in [4.69, 9.17) is 4.74 Å². The Morgan fingerprint density at radius 2 is 2.10 bits per heavy atom. The van der Waals surface area contributed by atoms with Gasteiger partial charge in [0.1, 0.15) is 17.7 Å². The number of benzene rings is 1. The van der Waals surface area contributed by atoms with E-state index in [9.17, 15) is 13.2 Å². The number of aryl methyl sites for hydroxylation is 1. The molecule has 1 aliphatic rings. The highest BCUT2D eigenvalue weighted by Crippen LogP contribution is 2.36. The van der Waals surface area contributed by atoms with Gasteiger partial charge in [0.05, 0.1) is 17.5 Å². The van der Waals surface area contributed by atoms with Crippen LogP contribution in [0.1, 0.15) is 37.3 Å². The Hall–Kier alpha value is -2.71. The number of fused-ring (bicyclic) bond motifs is 1. The van der Waals surface area contributed by atoms with E-state index in [0.29, 0.717) is 18.8 Å². The smallest absolute Gasteiger partial charge is 0.243 e. The van der Waals surface area contributed by atoms with Gasteiger partial charge in [-0.25, -0.2) is 13.4 Å². The van der Waals surface area contributed by atoms with Crippen LogP contribution in [0.5, 0.6) is 5.75 Å². The molecule has 0 bridgehead atoms. The maximum absolute atomic E-state index is 13.3. The van der Waals surface area contributed by atoms with E-state index >= 15 is 0 Å². The molecule has 0 N–H and O–H groups in total. The third kappa shape index (κ3) is 4.09. The molecule has 164 valence electrons.